The summed E-state index contributed by atoms with van der Waals surface area (Å²) in [5.74, 6) is 0. The average molecular weight is 251 g/mol. The maximum Gasteiger partial charge on any atom is 0.179 e. The van der Waals surface area contributed by atoms with Crippen LogP contribution in [0.4, 0.5) is 0 Å². The number of fused-ring (bicyclic) bond motifs is 1. The number of aromatic nitrogens is 3. The van der Waals surface area contributed by atoms with Crippen LogP contribution in [0.2, 0.25) is 0 Å². The van der Waals surface area contributed by atoms with Gasteiger partial charge in [-0.3, -0.25) is 0 Å². The topological polar surface area (TPSA) is 42.8 Å². The van der Waals surface area contributed by atoms with Gasteiger partial charge in [0.15, 0.2) is 10.4 Å². The Morgan fingerprint density at radius 3 is 3.06 bits per heavy atom. The summed E-state index contributed by atoms with van der Waals surface area (Å²) in [6.45, 7) is 3.74. The third-order valence-electron chi connectivity index (χ3n) is 2.85. The molecule has 2 heterocycles. The van der Waals surface area contributed by atoms with Crippen molar-refractivity contribution in [3.8, 4) is 0 Å². The van der Waals surface area contributed by atoms with Crippen LogP contribution in [0.1, 0.15) is 18.4 Å². The largest absolute Gasteiger partial charge is 0.385 e. The third kappa shape index (κ3) is 2.56. The first-order valence-corrected chi connectivity index (χ1v) is 6.18. The van der Waals surface area contributed by atoms with Gasteiger partial charge in [-0.05, 0) is 43.6 Å². The molecular weight excluding hydrogens is 234 g/mol. The molecule has 0 atom stereocenters. The molecule has 0 bridgehead atoms. The lowest BCUT2D eigenvalue weighted by molar-refractivity contribution is 0.191. The molecule has 0 aliphatic carbocycles. The van der Waals surface area contributed by atoms with Crippen LogP contribution in [-0.2, 0) is 11.3 Å². The molecule has 0 unspecified atom stereocenters. The maximum absolute atomic E-state index is 5.33. The minimum absolute atomic E-state index is 0.749. The van der Waals surface area contributed by atoms with Gasteiger partial charge in [0.2, 0.25) is 0 Å². The number of aromatic amines is 1. The summed E-state index contributed by atoms with van der Waals surface area (Å²) in [6, 6.07) is 1.99. The van der Waals surface area contributed by atoms with Gasteiger partial charge >= 0.3 is 0 Å². The summed E-state index contributed by atoms with van der Waals surface area (Å²) in [6.07, 6.45) is 3.91. The normalized spacial score (nSPS) is 11.2. The Morgan fingerprint density at radius 1 is 1.47 bits per heavy atom. The number of hydrogen-bond donors (Lipinski definition) is 1. The van der Waals surface area contributed by atoms with Crippen LogP contribution in [0, 0.1) is 11.7 Å². The minimum Gasteiger partial charge on any atom is -0.385 e. The van der Waals surface area contributed by atoms with Crippen molar-refractivity contribution >= 4 is 23.4 Å². The lowest BCUT2D eigenvalue weighted by Gasteiger charge is -2.03. The highest BCUT2D eigenvalue weighted by Crippen LogP contribution is 2.15. The molecule has 5 heteroatoms. The van der Waals surface area contributed by atoms with E-state index in [1.165, 1.54) is 5.56 Å². The second-order valence-corrected chi connectivity index (χ2v) is 4.49. The van der Waals surface area contributed by atoms with E-state index in [1.807, 2.05) is 12.3 Å². The summed E-state index contributed by atoms with van der Waals surface area (Å²) >= 11 is 5.33. The van der Waals surface area contributed by atoms with Crippen molar-refractivity contribution in [1.29, 1.82) is 0 Å². The van der Waals surface area contributed by atoms with Crippen LogP contribution in [0.5, 0.6) is 0 Å². The van der Waals surface area contributed by atoms with Crippen molar-refractivity contribution in [3.05, 3.63) is 22.6 Å². The van der Waals surface area contributed by atoms with Gasteiger partial charge in [-0.25, -0.2) is 4.98 Å². The lowest BCUT2D eigenvalue weighted by atomic mass is 10.3. The molecule has 0 fully saturated rings. The SMILES string of the molecule is COCCCCn1c(=S)[nH]c2c(C)ccnc21. The molecular formula is C12H17N3OS. The Bertz CT molecular complexity index is 558. The van der Waals surface area contributed by atoms with Gasteiger partial charge in [-0.2, -0.15) is 0 Å². The van der Waals surface area contributed by atoms with Gasteiger partial charge in [-0.15, -0.1) is 0 Å². The Kier molecular flexibility index (Phi) is 3.91. The number of rotatable bonds is 5. The molecule has 0 aliphatic rings. The molecule has 92 valence electrons. The van der Waals surface area contributed by atoms with Gasteiger partial charge in [-0.1, -0.05) is 0 Å². The smallest absolute Gasteiger partial charge is 0.179 e. The molecule has 0 saturated carbocycles. The predicted octanol–water partition coefficient (Wildman–Crippen LogP) is 2.83. The first kappa shape index (κ1) is 12.3. The number of aryl methyl sites for hydroxylation is 2. The fraction of sp³-hybridized carbons (Fsp3) is 0.500. The Labute approximate surface area is 106 Å². The van der Waals surface area contributed by atoms with Crippen molar-refractivity contribution in [2.75, 3.05) is 13.7 Å². The number of imidazole rings is 1. The summed E-state index contributed by atoms with van der Waals surface area (Å²) in [7, 11) is 1.72. The standard InChI is InChI=1S/C12H17N3OS/c1-9-5-6-13-11-10(9)14-12(17)15(11)7-3-4-8-16-2/h5-6H,3-4,7-8H2,1-2H3,(H,14,17). The predicted molar refractivity (Wildman–Crippen MR) is 70.8 cm³/mol. The molecule has 0 saturated heterocycles. The molecule has 2 aromatic heterocycles. The number of methoxy groups -OCH3 is 1. The van der Waals surface area contributed by atoms with Crippen molar-refractivity contribution in [3.63, 3.8) is 0 Å². The van der Waals surface area contributed by atoms with E-state index < -0.39 is 0 Å². The molecule has 1 N–H and O–H groups in total. The lowest BCUT2D eigenvalue weighted by Crippen LogP contribution is -2.01. The van der Waals surface area contributed by atoms with Crippen LogP contribution in [0.25, 0.3) is 11.2 Å². The van der Waals surface area contributed by atoms with E-state index in [0.717, 1.165) is 41.9 Å². The van der Waals surface area contributed by atoms with E-state index in [2.05, 4.69) is 21.5 Å². The third-order valence-corrected chi connectivity index (χ3v) is 3.17. The van der Waals surface area contributed by atoms with Gasteiger partial charge in [0.05, 0.1) is 5.52 Å². The number of H-pyrrole nitrogens is 1. The zero-order valence-electron chi connectivity index (χ0n) is 10.2. The summed E-state index contributed by atoms with van der Waals surface area (Å²) in [5, 5.41) is 0. The van der Waals surface area contributed by atoms with Gasteiger partial charge in [0, 0.05) is 26.5 Å². The Morgan fingerprint density at radius 2 is 2.29 bits per heavy atom. The van der Waals surface area contributed by atoms with Crippen molar-refractivity contribution < 1.29 is 4.74 Å². The first-order chi connectivity index (χ1) is 8.24. The maximum atomic E-state index is 5.33. The Hall–Kier alpha value is -1.20. The molecule has 0 spiro atoms. The fourth-order valence-electron chi connectivity index (χ4n) is 1.90. The molecule has 17 heavy (non-hydrogen) atoms. The van der Waals surface area contributed by atoms with E-state index in [-0.39, 0.29) is 0 Å². The van der Waals surface area contributed by atoms with Gasteiger partial charge < -0.3 is 14.3 Å². The second kappa shape index (κ2) is 5.42. The highest BCUT2D eigenvalue weighted by atomic mass is 32.1. The number of ether oxygens (including phenoxy) is 1. The van der Waals surface area contributed by atoms with E-state index in [0.29, 0.717) is 0 Å². The number of hydrogen-bond acceptors (Lipinski definition) is 3. The van der Waals surface area contributed by atoms with Crippen LogP contribution in [-0.4, -0.2) is 28.3 Å². The minimum atomic E-state index is 0.749. The van der Waals surface area contributed by atoms with E-state index >= 15 is 0 Å². The van der Waals surface area contributed by atoms with Crippen molar-refractivity contribution in [2.45, 2.75) is 26.3 Å². The van der Waals surface area contributed by atoms with Gasteiger partial charge in [0.1, 0.15) is 0 Å². The molecule has 0 aliphatic heterocycles. The summed E-state index contributed by atoms with van der Waals surface area (Å²) in [4.78, 5) is 7.62. The molecule has 0 aromatic carbocycles. The number of nitrogens with zero attached hydrogens (tertiary/aromatic N) is 2. The highest BCUT2D eigenvalue weighted by Gasteiger charge is 2.06. The number of unbranched alkanes of at least 4 members (excludes halogenated alkanes) is 1. The van der Waals surface area contributed by atoms with E-state index in [1.54, 1.807) is 7.11 Å². The van der Waals surface area contributed by atoms with Crippen molar-refractivity contribution in [1.82, 2.24) is 14.5 Å². The first-order valence-electron chi connectivity index (χ1n) is 5.77. The van der Waals surface area contributed by atoms with E-state index in [4.69, 9.17) is 17.0 Å². The molecule has 2 aromatic rings. The Balaban J connectivity index is 2.25. The van der Waals surface area contributed by atoms with Crippen LogP contribution < -0.4 is 0 Å². The zero-order chi connectivity index (χ0) is 12.3. The average Bonchev–Trinajstić information content (AvgIpc) is 2.63. The summed E-state index contributed by atoms with van der Waals surface area (Å²) < 4.78 is 7.85. The summed E-state index contributed by atoms with van der Waals surface area (Å²) in [5.41, 5.74) is 3.17. The van der Waals surface area contributed by atoms with Crippen LogP contribution >= 0.6 is 12.2 Å². The van der Waals surface area contributed by atoms with Crippen LogP contribution in [0.15, 0.2) is 12.3 Å². The monoisotopic (exact) mass is 251 g/mol. The quantitative estimate of drug-likeness (QED) is 0.656. The highest BCUT2D eigenvalue weighted by molar-refractivity contribution is 7.71. The van der Waals surface area contributed by atoms with Gasteiger partial charge in [0.25, 0.3) is 0 Å². The molecule has 2 rings (SSSR count). The van der Waals surface area contributed by atoms with Crippen molar-refractivity contribution in [2.24, 2.45) is 0 Å². The molecule has 0 radical (unpaired) electrons. The van der Waals surface area contributed by atoms with Crippen LogP contribution in [0.3, 0.4) is 0 Å². The second-order valence-electron chi connectivity index (χ2n) is 4.11. The number of nitrogens with one attached hydrogen (secondary N) is 1. The fourth-order valence-corrected chi connectivity index (χ4v) is 2.18. The number of pyridine rings is 1. The molecule has 4 nitrogen and oxygen atoms in total. The van der Waals surface area contributed by atoms with E-state index in [9.17, 15) is 0 Å². The zero-order valence-corrected chi connectivity index (χ0v) is 11.0. The molecule has 0 amide bonds.